The van der Waals surface area contributed by atoms with Gasteiger partial charge in [-0.2, -0.15) is 0 Å². The van der Waals surface area contributed by atoms with Gasteiger partial charge in [0.25, 0.3) is 0 Å². The Morgan fingerprint density at radius 3 is 2.31 bits per heavy atom. The summed E-state index contributed by atoms with van der Waals surface area (Å²) in [6, 6.07) is 13.2. The molecule has 0 aliphatic carbocycles. The van der Waals surface area contributed by atoms with Crippen molar-refractivity contribution in [2.24, 2.45) is 0 Å². The van der Waals surface area contributed by atoms with E-state index in [4.69, 9.17) is 0 Å². The quantitative estimate of drug-likeness (QED) is 0.437. The van der Waals surface area contributed by atoms with Gasteiger partial charge in [0.2, 0.25) is 27.7 Å². The number of rotatable bonds is 7. The van der Waals surface area contributed by atoms with E-state index in [1.165, 1.54) is 25.3 Å². The van der Waals surface area contributed by atoms with Crippen LogP contribution in [0.25, 0.3) is 6.08 Å². The van der Waals surface area contributed by atoms with Crippen LogP contribution in [0.1, 0.15) is 37.3 Å². The smallest absolute Gasteiger partial charge is 0.248 e. The van der Waals surface area contributed by atoms with Gasteiger partial charge in [0, 0.05) is 18.2 Å². The van der Waals surface area contributed by atoms with Crippen molar-refractivity contribution in [1.29, 1.82) is 0 Å². The van der Waals surface area contributed by atoms with Crippen LogP contribution in [0.2, 0.25) is 0 Å². The SMILES string of the molecule is CCC1(c2ccc(NC(=O)/C=C/c3ccc(S(=O)(=O)NC)cc3)cc2)CCC(=O)NC1=O. The summed E-state index contributed by atoms with van der Waals surface area (Å²) in [5, 5.41) is 5.17. The highest BCUT2D eigenvalue weighted by molar-refractivity contribution is 7.89. The summed E-state index contributed by atoms with van der Waals surface area (Å²) in [6.45, 7) is 1.91. The molecule has 2 aromatic carbocycles. The molecule has 0 aromatic heterocycles. The maximum Gasteiger partial charge on any atom is 0.248 e. The highest BCUT2D eigenvalue weighted by atomic mass is 32.2. The first-order chi connectivity index (χ1) is 15.2. The van der Waals surface area contributed by atoms with Gasteiger partial charge >= 0.3 is 0 Å². The average Bonchev–Trinajstić information content (AvgIpc) is 2.79. The number of hydrogen-bond acceptors (Lipinski definition) is 5. The molecule has 0 saturated carbocycles. The summed E-state index contributed by atoms with van der Waals surface area (Å²) in [5.74, 6) is -0.895. The second-order valence-electron chi connectivity index (χ2n) is 7.49. The molecule has 3 N–H and O–H groups in total. The largest absolute Gasteiger partial charge is 0.323 e. The van der Waals surface area contributed by atoms with Gasteiger partial charge in [0.15, 0.2) is 0 Å². The molecule has 3 rings (SSSR count). The van der Waals surface area contributed by atoms with E-state index in [1.807, 2.05) is 6.92 Å². The molecule has 3 amide bonds. The molecule has 0 spiro atoms. The second-order valence-corrected chi connectivity index (χ2v) is 9.38. The van der Waals surface area contributed by atoms with Gasteiger partial charge < -0.3 is 5.32 Å². The zero-order valence-corrected chi connectivity index (χ0v) is 18.7. The van der Waals surface area contributed by atoms with Crippen LogP contribution in [-0.4, -0.2) is 33.2 Å². The third-order valence-corrected chi connectivity index (χ3v) is 7.09. The van der Waals surface area contributed by atoms with E-state index in [0.717, 1.165) is 5.56 Å². The molecule has 2 aromatic rings. The number of piperidine rings is 1. The van der Waals surface area contributed by atoms with Crippen LogP contribution in [0, 0.1) is 0 Å². The molecular formula is C23H25N3O5S. The van der Waals surface area contributed by atoms with Crippen molar-refractivity contribution in [3.63, 3.8) is 0 Å². The van der Waals surface area contributed by atoms with Gasteiger partial charge in [-0.1, -0.05) is 31.2 Å². The highest BCUT2D eigenvalue weighted by Crippen LogP contribution is 2.36. The minimum Gasteiger partial charge on any atom is -0.323 e. The lowest BCUT2D eigenvalue weighted by Crippen LogP contribution is -2.51. The van der Waals surface area contributed by atoms with E-state index in [0.29, 0.717) is 30.5 Å². The molecule has 1 aliphatic heterocycles. The van der Waals surface area contributed by atoms with Gasteiger partial charge in [-0.15, -0.1) is 0 Å². The van der Waals surface area contributed by atoms with Crippen molar-refractivity contribution in [2.75, 3.05) is 12.4 Å². The van der Waals surface area contributed by atoms with Crippen LogP contribution >= 0.6 is 0 Å². The molecule has 0 radical (unpaired) electrons. The van der Waals surface area contributed by atoms with E-state index in [1.54, 1.807) is 42.5 Å². The zero-order chi connectivity index (χ0) is 23.4. The lowest BCUT2D eigenvalue weighted by atomic mass is 9.72. The molecule has 8 nitrogen and oxygen atoms in total. The maximum atomic E-state index is 12.5. The predicted molar refractivity (Wildman–Crippen MR) is 121 cm³/mol. The number of imide groups is 1. The first-order valence-electron chi connectivity index (χ1n) is 10.2. The van der Waals surface area contributed by atoms with E-state index in [2.05, 4.69) is 15.4 Å². The van der Waals surface area contributed by atoms with Crippen molar-refractivity contribution < 1.29 is 22.8 Å². The van der Waals surface area contributed by atoms with E-state index in [9.17, 15) is 22.8 Å². The van der Waals surface area contributed by atoms with Crippen molar-refractivity contribution in [2.45, 2.75) is 36.5 Å². The monoisotopic (exact) mass is 455 g/mol. The molecule has 1 unspecified atom stereocenters. The summed E-state index contributed by atoms with van der Waals surface area (Å²) >= 11 is 0. The standard InChI is InChI=1S/C23H25N3O5S/c1-3-23(15-14-21(28)26-22(23)29)17-7-9-18(10-8-17)25-20(27)13-6-16-4-11-19(12-5-16)32(30,31)24-2/h4-13,24H,3,14-15H2,1-2H3,(H,25,27)(H,26,28,29)/b13-6+. The topological polar surface area (TPSA) is 121 Å². The Morgan fingerprint density at radius 1 is 1.09 bits per heavy atom. The molecule has 1 aliphatic rings. The molecule has 1 atom stereocenters. The summed E-state index contributed by atoms with van der Waals surface area (Å²) in [5.41, 5.74) is 1.30. The Kier molecular flexibility index (Phi) is 6.90. The predicted octanol–water partition coefficient (Wildman–Crippen LogP) is 2.33. The minimum absolute atomic E-state index is 0.141. The van der Waals surface area contributed by atoms with Gasteiger partial charge in [0.05, 0.1) is 10.3 Å². The lowest BCUT2D eigenvalue weighted by Gasteiger charge is -2.35. The Balaban J connectivity index is 1.66. The Bertz CT molecular complexity index is 1160. The Morgan fingerprint density at radius 2 is 1.75 bits per heavy atom. The Hall–Kier alpha value is -3.30. The molecule has 32 heavy (non-hydrogen) atoms. The molecular weight excluding hydrogens is 430 g/mol. The minimum atomic E-state index is -3.51. The third-order valence-electron chi connectivity index (χ3n) is 5.66. The van der Waals surface area contributed by atoms with Crippen molar-refractivity contribution in [3.05, 3.63) is 65.7 Å². The van der Waals surface area contributed by atoms with Gasteiger partial charge in [-0.25, -0.2) is 13.1 Å². The number of nitrogens with one attached hydrogen (secondary N) is 3. The zero-order valence-electron chi connectivity index (χ0n) is 17.8. The highest BCUT2D eigenvalue weighted by Gasteiger charge is 2.42. The summed E-state index contributed by atoms with van der Waals surface area (Å²) in [6.07, 6.45) is 4.24. The van der Waals surface area contributed by atoms with Crippen LogP contribution in [0.15, 0.2) is 59.5 Å². The third kappa shape index (κ3) is 4.95. The fourth-order valence-corrected chi connectivity index (χ4v) is 4.40. The van der Waals surface area contributed by atoms with Crippen molar-refractivity contribution in [1.82, 2.24) is 10.0 Å². The molecule has 168 valence electrons. The Labute approximate surface area is 187 Å². The number of carbonyl (C=O) groups is 3. The fourth-order valence-electron chi connectivity index (χ4n) is 3.67. The molecule has 0 bridgehead atoms. The summed E-state index contributed by atoms with van der Waals surface area (Å²) < 4.78 is 25.7. The number of benzene rings is 2. The van der Waals surface area contributed by atoms with Gasteiger partial charge in [-0.05, 0) is 61.4 Å². The summed E-state index contributed by atoms with van der Waals surface area (Å²) in [4.78, 5) is 36.4. The van der Waals surface area contributed by atoms with Crippen LogP contribution < -0.4 is 15.4 Å². The van der Waals surface area contributed by atoms with Crippen LogP contribution in [0.3, 0.4) is 0 Å². The van der Waals surface area contributed by atoms with Crippen LogP contribution in [0.5, 0.6) is 0 Å². The van der Waals surface area contributed by atoms with E-state index in [-0.39, 0.29) is 22.6 Å². The van der Waals surface area contributed by atoms with Gasteiger partial charge in [-0.3, -0.25) is 19.7 Å². The summed E-state index contributed by atoms with van der Waals surface area (Å²) in [7, 11) is -2.17. The molecule has 1 fully saturated rings. The van der Waals surface area contributed by atoms with E-state index >= 15 is 0 Å². The number of sulfonamides is 1. The fraction of sp³-hybridized carbons (Fsp3) is 0.261. The number of carbonyl (C=O) groups excluding carboxylic acids is 3. The molecule has 9 heteroatoms. The number of amides is 3. The van der Waals surface area contributed by atoms with E-state index < -0.39 is 15.4 Å². The normalized spacial score (nSPS) is 19.1. The molecule has 1 saturated heterocycles. The number of anilines is 1. The van der Waals surface area contributed by atoms with Crippen molar-refractivity contribution >= 4 is 39.5 Å². The van der Waals surface area contributed by atoms with Crippen LogP contribution in [-0.2, 0) is 29.8 Å². The average molecular weight is 456 g/mol. The first-order valence-corrected chi connectivity index (χ1v) is 11.7. The molecule has 1 heterocycles. The maximum absolute atomic E-state index is 12.5. The first kappa shape index (κ1) is 23.4. The van der Waals surface area contributed by atoms with Crippen LogP contribution in [0.4, 0.5) is 5.69 Å². The van der Waals surface area contributed by atoms with Crippen molar-refractivity contribution in [3.8, 4) is 0 Å². The van der Waals surface area contributed by atoms with Gasteiger partial charge in [0.1, 0.15) is 0 Å². The lowest BCUT2D eigenvalue weighted by molar-refractivity contribution is -0.138. The number of hydrogen-bond donors (Lipinski definition) is 3. The second kappa shape index (κ2) is 9.46.